The number of carbonyl (C=O) groups is 2. The topological polar surface area (TPSA) is 84.0 Å². The van der Waals surface area contributed by atoms with Crippen LogP contribution in [0.5, 0.6) is 0 Å². The summed E-state index contributed by atoms with van der Waals surface area (Å²) in [5.41, 5.74) is 0. The number of benzene rings is 1. The van der Waals surface area contributed by atoms with E-state index in [2.05, 4.69) is 0 Å². The number of rotatable bonds is 6. The number of sulfonamides is 1. The maximum Gasteiger partial charge on any atom is 0.309 e. The number of piperidine rings is 1. The molecule has 0 spiro atoms. The molecular weight excluding hydrogens is 428 g/mol. The largest absolute Gasteiger partial charge is 0.455 e. The van der Waals surface area contributed by atoms with E-state index in [1.807, 2.05) is 0 Å². The van der Waals surface area contributed by atoms with Crippen LogP contribution in [0.2, 0.25) is 5.02 Å². The van der Waals surface area contributed by atoms with Crippen molar-refractivity contribution in [3.63, 3.8) is 0 Å². The first-order chi connectivity index (χ1) is 14.3. The Morgan fingerprint density at radius 3 is 2.27 bits per heavy atom. The predicted molar refractivity (Wildman–Crippen MR) is 114 cm³/mol. The summed E-state index contributed by atoms with van der Waals surface area (Å²) in [6, 6.07) is 6.27. The second kappa shape index (κ2) is 10.1. The van der Waals surface area contributed by atoms with Crippen molar-refractivity contribution in [3.8, 4) is 0 Å². The molecule has 30 heavy (non-hydrogen) atoms. The number of hydrogen-bond acceptors (Lipinski definition) is 5. The average molecular weight is 457 g/mol. The predicted octanol–water partition coefficient (Wildman–Crippen LogP) is 3.08. The monoisotopic (exact) mass is 456 g/mol. The van der Waals surface area contributed by atoms with Gasteiger partial charge in [0.15, 0.2) is 6.61 Å². The lowest BCUT2D eigenvalue weighted by atomic mass is 9.94. The molecule has 0 aromatic heterocycles. The Morgan fingerprint density at radius 2 is 1.67 bits per heavy atom. The van der Waals surface area contributed by atoms with Crippen molar-refractivity contribution in [2.45, 2.75) is 55.9 Å². The van der Waals surface area contributed by atoms with E-state index in [4.69, 9.17) is 16.3 Å². The molecule has 3 rings (SSSR count). The molecule has 1 aromatic rings. The van der Waals surface area contributed by atoms with E-state index in [1.54, 1.807) is 24.1 Å². The number of likely N-dealkylation sites (N-methyl/N-ethyl adjacent to an activating group) is 1. The van der Waals surface area contributed by atoms with Crippen molar-refractivity contribution >= 4 is 33.5 Å². The fourth-order valence-corrected chi connectivity index (χ4v) is 5.71. The maximum atomic E-state index is 12.7. The lowest BCUT2D eigenvalue weighted by Crippen LogP contribution is -2.42. The van der Waals surface area contributed by atoms with Crippen molar-refractivity contribution in [2.24, 2.45) is 5.92 Å². The SMILES string of the molecule is CN(C(=O)COC(=O)C1CCN(S(=O)(=O)c2ccc(Cl)cc2)CC1)C1CCCCC1. The van der Waals surface area contributed by atoms with Gasteiger partial charge in [0, 0.05) is 31.2 Å². The molecule has 0 bridgehead atoms. The number of nitrogens with zero attached hydrogens (tertiary/aromatic N) is 2. The Kier molecular flexibility index (Phi) is 7.76. The highest BCUT2D eigenvalue weighted by Gasteiger charge is 2.33. The van der Waals surface area contributed by atoms with Gasteiger partial charge in [-0.1, -0.05) is 30.9 Å². The van der Waals surface area contributed by atoms with E-state index in [1.165, 1.54) is 22.9 Å². The lowest BCUT2D eigenvalue weighted by molar-refractivity contribution is -0.157. The van der Waals surface area contributed by atoms with Gasteiger partial charge in [-0.15, -0.1) is 0 Å². The summed E-state index contributed by atoms with van der Waals surface area (Å²) >= 11 is 5.83. The summed E-state index contributed by atoms with van der Waals surface area (Å²) < 4.78 is 32.1. The molecule has 1 amide bonds. The van der Waals surface area contributed by atoms with Gasteiger partial charge >= 0.3 is 5.97 Å². The number of ether oxygens (including phenoxy) is 1. The second-order valence-corrected chi connectivity index (χ2v) is 10.4. The van der Waals surface area contributed by atoms with Crippen molar-refractivity contribution in [2.75, 3.05) is 26.7 Å². The van der Waals surface area contributed by atoms with Gasteiger partial charge in [-0.05, 0) is 49.9 Å². The summed E-state index contributed by atoms with van der Waals surface area (Å²) in [4.78, 5) is 26.6. The number of halogens is 1. The summed E-state index contributed by atoms with van der Waals surface area (Å²) in [7, 11) is -1.85. The summed E-state index contributed by atoms with van der Waals surface area (Å²) in [6.45, 7) is 0.219. The first-order valence-electron chi connectivity index (χ1n) is 10.5. The molecule has 7 nitrogen and oxygen atoms in total. The highest BCUT2D eigenvalue weighted by molar-refractivity contribution is 7.89. The Labute approximate surface area is 183 Å². The average Bonchev–Trinajstić information content (AvgIpc) is 2.77. The van der Waals surface area contributed by atoms with Crippen molar-refractivity contribution < 1.29 is 22.7 Å². The fraction of sp³-hybridized carbons (Fsp3) is 0.619. The Balaban J connectivity index is 1.47. The van der Waals surface area contributed by atoms with Gasteiger partial charge in [-0.25, -0.2) is 8.42 Å². The summed E-state index contributed by atoms with van der Waals surface area (Å²) in [5, 5.41) is 0.471. The molecule has 0 atom stereocenters. The molecule has 0 radical (unpaired) electrons. The fourth-order valence-electron chi connectivity index (χ4n) is 4.11. The Morgan fingerprint density at radius 1 is 1.07 bits per heavy atom. The van der Waals surface area contributed by atoms with Gasteiger partial charge in [-0.2, -0.15) is 4.31 Å². The Bertz CT molecular complexity index is 845. The molecule has 166 valence electrons. The van der Waals surface area contributed by atoms with Gasteiger partial charge in [0.25, 0.3) is 5.91 Å². The minimum atomic E-state index is -3.62. The van der Waals surface area contributed by atoms with Crippen molar-refractivity contribution in [1.82, 2.24) is 9.21 Å². The van der Waals surface area contributed by atoms with E-state index in [-0.39, 0.29) is 36.5 Å². The highest BCUT2D eigenvalue weighted by atomic mass is 35.5. The smallest absolute Gasteiger partial charge is 0.309 e. The van der Waals surface area contributed by atoms with E-state index < -0.39 is 21.9 Å². The molecule has 0 N–H and O–H groups in total. The quantitative estimate of drug-likeness (QED) is 0.614. The van der Waals surface area contributed by atoms with Gasteiger partial charge in [0.1, 0.15) is 0 Å². The first kappa shape index (κ1) is 23.0. The zero-order valence-electron chi connectivity index (χ0n) is 17.3. The van der Waals surface area contributed by atoms with Crippen LogP contribution in [-0.4, -0.2) is 62.3 Å². The second-order valence-electron chi connectivity index (χ2n) is 8.04. The van der Waals surface area contributed by atoms with E-state index >= 15 is 0 Å². The van der Waals surface area contributed by atoms with Crippen molar-refractivity contribution in [3.05, 3.63) is 29.3 Å². The third-order valence-corrected chi connectivity index (χ3v) is 8.26. The standard InChI is InChI=1S/C21H29ClN2O5S/c1-23(18-5-3-2-4-6-18)20(25)15-29-21(26)16-11-13-24(14-12-16)30(27,28)19-9-7-17(22)8-10-19/h7-10,16,18H,2-6,11-15H2,1H3. The van der Waals surface area contributed by atoms with E-state index in [0.717, 1.165) is 25.7 Å². The summed E-state index contributed by atoms with van der Waals surface area (Å²) in [6.07, 6.45) is 6.20. The normalized spacial score (nSPS) is 19.4. The Hall–Kier alpha value is -1.64. The third kappa shape index (κ3) is 5.53. The molecule has 2 fully saturated rings. The lowest BCUT2D eigenvalue weighted by Gasteiger charge is -2.32. The van der Waals surface area contributed by atoms with E-state index in [0.29, 0.717) is 17.9 Å². The zero-order chi connectivity index (χ0) is 21.7. The molecule has 1 aliphatic heterocycles. The number of carbonyl (C=O) groups excluding carboxylic acids is 2. The summed E-state index contributed by atoms with van der Waals surface area (Å²) in [5.74, 6) is -1.00. The maximum absolute atomic E-state index is 12.7. The molecule has 9 heteroatoms. The first-order valence-corrected chi connectivity index (χ1v) is 12.3. The van der Waals surface area contributed by atoms with Gasteiger partial charge in [0.2, 0.25) is 10.0 Å². The molecule has 1 aromatic carbocycles. The van der Waals surface area contributed by atoms with Crippen molar-refractivity contribution in [1.29, 1.82) is 0 Å². The molecule has 2 aliphatic rings. The third-order valence-electron chi connectivity index (χ3n) is 6.09. The highest BCUT2D eigenvalue weighted by Crippen LogP contribution is 2.26. The number of amides is 1. The van der Waals surface area contributed by atoms with Crippen LogP contribution >= 0.6 is 11.6 Å². The molecule has 1 heterocycles. The van der Waals surface area contributed by atoms with Crippen LogP contribution in [0, 0.1) is 5.92 Å². The molecule has 1 aliphatic carbocycles. The van der Waals surface area contributed by atoms with Crippen LogP contribution in [0.15, 0.2) is 29.2 Å². The van der Waals surface area contributed by atoms with Crippen LogP contribution in [0.25, 0.3) is 0 Å². The minimum Gasteiger partial charge on any atom is -0.455 e. The van der Waals surface area contributed by atoms with Crippen LogP contribution in [0.3, 0.4) is 0 Å². The molecule has 0 unspecified atom stereocenters. The number of esters is 1. The van der Waals surface area contributed by atoms with Gasteiger partial charge in [0.05, 0.1) is 10.8 Å². The van der Waals surface area contributed by atoms with Crippen LogP contribution < -0.4 is 0 Å². The van der Waals surface area contributed by atoms with E-state index in [9.17, 15) is 18.0 Å². The molecular formula is C21H29ClN2O5S. The van der Waals surface area contributed by atoms with Crippen LogP contribution in [0.4, 0.5) is 0 Å². The van der Waals surface area contributed by atoms with Crippen LogP contribution in [0.1, 0.15) is 44.9 Å². The minimum absolute atomic E-state index is 0.182. The number of hydrogen-bond donors (Lipinski definition) is 0. The molecule has 1 saturated heterocycles. The van der Waals surface area contributed by atoms with Gasteiger partial charge in [-0.3, -0.25) is 9.59 Å². The van der Waals surface area contributed by atoms with Crippen LogP contribution in [-0.2, 0) is 24.3 Å². The van der Waals surface area contributed by atoms with Gasteiger partial charge < -0.3 is 9.64 Å². The molecule has 1 saturated carbocycles. The zero-order valence-corrected chi connectivity index (χ0v) is 18.8.